The maximum Gasteiger partial charge on any atom is 0.410 e. The summed E-state index contributed by atoms with van der Waals surface area (Å²) in [4.78, 5) is 24.6. The molecule has 102 valence electrons. The van der Waals surface area contributed by atoms with Crippen LogP contribution in [0, 0.1) is 0 Å². The zero-order valence-electron chi connectivity index (χ0n) is 11.3. The van der Waals surface area contributed by atoms with Gasteiger partial charge in [0.15, 0.2) is 0 Å². The van der Waals surface area contributed by atoms with E-state index in [9.17, 15) is 9.59 Å². The minimum absolute atomic E-state index is 0.0938. The van der Waals surface area contributed by atoms with Gasteiger partial charge in [0.05, 0.1) is 6.04 Å². The molecule has 0 N–H and O–H groups in total. The Morgan fingerprint density at radius 3 is 2.67 bits per heavy atom. The van der Waals surface area contributed by atoms with E-state index in [1.807, 2.05) is 20.8 Å². The molecule has 0 aliphatic carbocycles. The average Bonchev–Trinajstić information content (AvgIpc) is 2.71. The highest BCUT2D eigenvalue weighted by molar-refractivity contribution is 5.81. The molecule has 0 bridgehead atoms. The van der Waals surface area contributed by atoms with Gasteiger partial charge >= 0.3 is 12.1 Å². The van der Waals surface area contributed by atoms with Crippen LogP contribution in [0.5, 0.6) is 0 Å². The fourth-order valence-electron chi connectivity index (χ4n) is 1.81. The van der Waals surface area contributed by atoms with Gasteiger partial charge in [0, 0.05) is 12.6 Å². The molecule has 5 nitrogen and oxygen atoms in total. The fraction of sp³-hybridized carbons (Fsp3) is 0.692. The van der Waals surface area contributed by atoms with Crippen LogP contribution in [0.15, 0.2) is 12.7 Å². The Morgan fingerprint density at radius 1 is 1.44 bits per heavy atom. The molecule has 0 saturated carbocycles. The molecule has 1 heterocycles. The first-order chi connectivity index (χ1) is 8.33. The van der Waals surface area contributed by atoms with E-state index < -0.39 is 11.6 Å². The summed E-state index contributed by atoms with van der Waals surface area (Å²) < 4.78 is 10.3. The number of carbonyl (C=O) groups is 2. The molecule has 0 aromatic rings. The second-order valence-electron chi connectivity index (χ2n) is 5.30. The summed E-state index contributed by atoms with van der Waals surface area (Å²) in [6.07, 6.45) is 2.49. The van der Waals surface area contributed by atoms with Crippen molar-refractivity contribution in [3.05, 3.63) is 12.7 Å². The smallest absolute Gasteiger partial charge is 0.410 e. The Labute approximate surface area is 108 Å². The quantitative estimate of drug-likeness (QED) is 0.572. The van der Waals surface area contributed by atoms with E-state index in [-0.39, 0.29) is 18.7 Å². The number of hydrogen-bond acceptors (Lipinski definition) is 4. The van der Waals surface area contributed by atoms with Crippen LogP contribution < -0.4 is 0 Å². The average molecular weight is 255 g/mol. The van der Waals surface area contributed by atoms with Crippen molar-refractivity contribution in [2.45, 2.75) is 45.3 Å². The van der Waals surface area contributed by atoms with Gasteiger partial charge in [-0.25, -0.2) is 9.59 Å². The van der Waals surface area contributed by atoms with E-state index in [1.54, 1.807) is 4.90 Å². The molecular weight excluding hydrogens is 234 g/mol. The largest absolute Gasteiger partial charge is 0.460 e. The van der Waals surface area contributed by atoms with Gasteiger partial charge in [-0.1, -0.05) is 6.58 Å². The Bertz CT molecular complexity index is 332. The third kappa shape index (κ3) is 4.39. The van der Waals surface area contributed by atoms with Crippen LogP contribution in [0.3, 0.4) is 0 Å². The molecule has 18 heavy (non-hydrogen) atoms. The van der Waals surface area contributed by atoms with E-state index in [1.165, 1.54) is 0 Å². The molecule has 1 atom stereocenters. The van der Waals surface area contributed by atoms with Crippen LogP contribution in [-0.2, 0) is 14.3 Å². The summed E-state index contributed by atoms with van der Waals surface area (Å²) in [7, 11) is 0. The van der Waals surface area contributed by atoms with Gasteiger partial charge in [-0.3, -0.25) is 0 Å². The molecule has 1 saturated heterocycles. The Morgan fingerprint density at radius 2 is 2.11 bits per heavy atom. The van der Waals surface area contributed by atoms with Gasteiger partial charge in [0.25, 0.3) is 0 Å². The highest BCUT2D eigenvalue weighted by Gasteiger charge is 2.32. The first kappa shape index (κ1) is 14.5. The Kier molecular flexibility index (Phi) is 4.76. The summed E-state index contributed by atoms with van der Waals surface area (Å²) in [5.74, 6) is -0.467. The molecule has 0 spiro atoms. The van der Waals surface area contributed by atoms with Crippen molar-refractivity contribution >= 4 is 12.1 Å². The first-order valence-electron chi connectivity index (χ1n) is 6.12. The van der Waals surface area contributed by atoms with Crippen LogP contribution >= 0.6 is 0 Å². The first-order valence-corrected chi connectivity index (χ1v) is 6.12. The van der Waals surface area contributed by atoms with Gasteiger partial charge in [-0.05, 0) is 33.6 Å². The molecular formula is C13H21NO4. The third-order valence-electron chi connectivity index (χ3n) is 2.59. The van der Waals surface area contributed by atoms with Crippen molar-refractivity contribution in [3.63, 3.8) is 0 Å². The van der Waals surface area contributed by atoms with Crippen molar-refractivity contribution in [1.82, 2.24) is 4.90 Å². The van der Waals surface area contributed by atoms with Gasteiger partial charge in [-0.15, -0.1) is 0 Å². The molecule has 0 unspecified atom stereocenters. The third-order valence-corrected chi connectivity index (χ3v) is 2.59. The second kappa shape index (κ2) is 5.89. The number of ether oxygens (including phenoxy) is 2. The molecule has 0 aromatic heterocycles. The lowest BCUT2D eigenvalue weighted by Crippen LogP contribution is -2.42. The van der Waals surface area contributed by atoms with Gasteiger partial charge in [-0.2, -0.15) is 0 Å². The van der Waals surface area contributed by atoms with E-state index in [0.717, 1.165) is 18.9 Å². The molecule has 0 aromatic carbocycles. The highest BCUT2D eigenvalue weighted by atomic mass is 16.6. The molecule has 0 radical (unpaired) electrons. The molecule has 1 amide bonds. The zero-order valence-corrected chi connectivity index (χ0v) is 11.3. The van der Waals surface area contributed by atoms with Gasteiger partial charge in [0.2, 0.25) is 0 Å². The summed E-state index contributed by atoms with van der Waals surface area (Å²) in [6.45, 7) is 9.65. The number of carbonyl (C=O) groups excluding carboxylic acids is 2. The molecule has 1 aliphatic heterocycles. The maximum atomic E-state index is 11.9. The van der Waals surface area contributed by atoms with E-state index in [0.29, 0.717) is 6.54 Å². The molecule has 5 heteroatoms. The number of nitrogens with zero attached hydrogens (tertiary/aromatic N) is 1. The lowest BCUT2D eigenvalue weighted by molar-refractivity contribution is -0.139. The normalized spacial score (nSPS) is 19.5. The van der Waals surface area contributed by atoms with Crippen molar-refractivity contribution in [1.29, 1.82) is 0 Å². The fourth-order valence-corrected chi connectivity index (χ4v) is 1.81. The summed E-state index contributed by atoms with van der Waals surface area (Å²) in [6, 6.07) is -0.0938. The minimum atomic E-state index is -0.512. The Hall–Kier alpha value is -1.52. The highest BCUT2D eigenvalue weighted by Crippen LogP contribution is 2.21. The lowest BCUT2D eigenvalue weighted by atomic mass is 10.2. The number of rotatable bonds is 3. The maximum absolute atomic E-state index is 11.9. The second-order valence-corrected chi connectivity index (χ2v) is 5.30. The number of hydrogen-bond donors (Lipinski definition) is 0. The van der Waals surface area contributed by atoms with Crippen LogP contribution in [-0.4, -0.2) is 41.8 Å². The zero-order chi connectivity index (χ0) is 13.8. The van der Waals surface area contributed by atoms with E-state index in [4.69, 9.17) is 9.47 Å². The van der Waals surface area contributed by atoms with Crippen molar-refractivity contribution in [3.8, 4) is 0 Å². The van der Waals surface area contributed by atoms with Crippen molar-refractivity contribution in [2.75, 3.05) is 13.2 Å². The Balaban J connectivity index is 2.51. The van der Waals surface area contributed by atoms with Crippen molar-refractivity contribution in [2.24, 2.45) is 0 Å². The monoisotopic (exact) mass is 255 g/mol. The van der Waals surface area contributed by atoms with Gasteiger partial charge in [0.1, 0.15) is 12.2 Å². The number of amides is 1. The van der Waals surface area contributed by atoms with Crippen LogP contribution in [0.25, 0.3) is 0 Å². The van der Waals surface area contributed by atoms with Crippen LogP contribution in [0.4, 0.5) is 4.79 Å². The van der Waals surface area contributed by atoms with E-state index >= 15 is 0 Å². The SMILES string of the molecule is C=CC(=O)OC[C@@H]1CCCN1C(=O)OC(C)(C)C. The standard InChI is InChI=1S/C13H21NO4/c1-5-11(15)17-9-10-7-6-8-14(10)12(16)18-13(2,3)4/h5,10H,1,6-9H2,2-4H3/t10-/m0/s1. The number of likely N-dealkylation sites (tertiary alicyclic amines) is 1. The summed E-state index contributed by atoms with van der Waals surface area (Å²) in [5, 5.41) is 0. The topological polar surface area (TPSA) is 55.8 Å². The van der Waals surface area contributed by atoms with Gasteiger partial charge < -0.3 is 14.4 Å². The summed E-state index contributed by atoms with van der Waals surface area (Å²) in [5.41, 5.74) is -0.512. The summed E-state index contributed by atoms with van der Waals surface area (Å²) >= 11 is 0. The lowest BCUT2D eigenvalue weighted by Gasteiger charge is -2.28. The van der Waals surface area contributed by atoms with Crippen LogP contribution in [0.2, 0.25) is 0 Å². The predicted molar refractivity (Wildman–Crippen MR) is 67.1 cm³/mol. The number of esters is 1. The minimum Gasteiger partial charge on any atom is -0.460 e. The van der Waals surface area contributed by atoms with Crippen LogP contribution in [0.1, 0.15) is 33.6 Å². The molecule has 1 aliphatic rings. The molecule has 1 fully saturated rings. The van der Waals surface area contributed by atoms with Crippen molar-refractivity contribution < 1.29 is 19.1 Å². The van der Waals surface area contributed by atoms with E-state index in [2.05, 4.69) is 6.58 Å². The molecule has 1 rings (SSSR count). The predicted octanol–water partition coefficient (Wildman–Crippen LogP) is 2.12.